The first-order chi connectivity index (χ1) is 12.7. The van der Waals surface area contributed by atoms with E-state index in [-0.39, 0.29) is 11.6 Å². The molecule has 0 atom stereocenters. The Kier molecular flexibility index (Phi) is 4.14. The van der Waals surface area contributed by atoms with Crippen LogP contribution < -0.4 is 10.5 Å². The van der Waals surface area contributed by atoms with E-state index in [0.29, 0.717) is 42.0 Å². The number of pyridine rings is 1. The van der Waals surface area contributed by atoms with Gasteiger partial charge in [-0.25, -0.2) is 9.78 Å². The summed E-state index contributed by atoms with van der Waals surface area (Å²) in [6, 6.07) is 12.6. The van der Waals surface area contributed by atoms with Gasteiger partial charge in [0.05, 0.1) is 17.0 Å². The topological polar surface area (TPSA) is 82.2 Å². The zero-order chi connectivity index (χ0) is 18.1. The van der Waals surface area contributed by atoms with E-state index < -0.39 is 0 Å². The molecule has 3 aromatic rings. The minimum atomic E-state index is -0.308. The second-order valence-corrected chi connectivity index (χ2v) is 6.90. The summed E-state index contributed by atoms with van der Waals surface area (Å²) in [7, 11) is 0. The molecular formula is C18H15N5O2S. The minimum Gasteiger partial charge on any atom is -0.368 e. The van der Waals surface area contributed by atoms with Gasteiger partial charge in [0.1, 0.15) is 4.83 Å². The lowest BCUT2D eigenvalue weighted by molar-refractivity contribution is 0.198. The van der Waals surface area contributed by atoms with Gasteiger partial charge in [-0.05, 0) is 47.9 Å². The zero-order valence-corrected chi connectivity index (χ0v) is 14.6. The van der Waals surface area contributed by atoms with Gasteiger partial charge in [0.15, 0.2) is 0 Å². The number of aromatic nitrogens is 2. The molecule has 1 aromatic carbocycles. The summed E-state index contributed by atoms with van der Waals surface area (Å²) in [6.45, 7) is 2.42. The van der Waals surface area contributed by atoms with Crippen LogP contribution in [0, 0.1) is 11.3 Å². The number of nitriles is 1. The molecule has 0 saturated carbocycles. The van der Waals surface area contributed by atoms with E-state index in [1.165, 1.54) is 3.96 Å². The van der Waals surface area contributed by atoms with Crippen molar-refractivity contribution in [3.05, 3.63) is 58.5 Å². The molecule has 1 saturated heterocycles. The summed E-state index contributed by atoms with van der Waals surface area (Å²) >= 11 is 1.08. The Hall–Kier alpha value is -3.18. The van der Waals surface area contributed by atoms with Crippen LogP contribution in [0.25, 0.3) is 10.2 Å². The third-order valence-electron chi connectivity index (χ3n) is 4.45. The van der Waals surface area contributed by atoms with E-state index in [1.54, 1.807) is 35.4 Å². The monoisotopic (exact) mass is 365 g/mol. The molecule has 130 valence electrons. The molecule has 0 N–H and O–H groups in total. The quantitative estimate of drug-likeness (QED) is 0.660. The number of amides is 1. The Morgan fingerprint density at radius 2 is 1.85 bits per heavy atom. The standard InChI is InChI=1S/C18H15N5O2S/c19-12-13-3-5-14(6-4-13)21-8-10-22(11-9-21)18(25)23-17(24)15-2-1-7-20-16(15)26-23/h1-7H,8-11H2. The summed E-state index contributed by atoms with van der Waals surface area (Å²) in [5.41, 5.74) is 1.34. The fourth-order valence-electron chi connectivity index (χ4n) is 3.02. The second kappa shape index (κ2) is 6.61. The molecule has 1 fully saturated rings. The highest BCUT2D eigenvalue weighted by atomic mass is 32.1. The Bertz CT molecular complexity index is 1060. The molecule has 0 bridgehead atoms. The van der Waals surface area contributed by atoms with Crippen molar-refractivity contribution < 1.29 is 4.79 Å². The van der Waals surface area contributed by atoms with Gasteiger partial charge >= 0.3 is 6.03 Å². The lowest BCUT2D eigenvalue weighted by atomic mass is 10.2. The van der Waals surface area contributed by atoms with Crippen molar-refractivity contribution in [2.24, 2.45) is 0 Å². The average molecular weight is 365 g/mol. The number of piperazine rings is 1. The highest BCUT2D eigenvalue weighted by Gasteiger charge is 2.25. The van der Waals surface area contributed by atoms with Gasteiger partial charge in [-0.15, -0.1) is 0 Å². The van der Waals surface area contributed by atoms with Crippen molar-refractivity contribution in [2.75, 3.05) is 31.1 Å². The molecule has 0 unspecified atom stereocenters. The van der Waals surface area contributed by atoms with Crippen LogP contribution in [0.1, 0.15) is 5.56 Å². The first kappa shape index (κ1) is 16.3. The molecule has 0 spiro atoms. The van der Waals surface area contributed by atoms with Gasteiger partial charge in [0.2, 0.25) is 0 Å². The highest BCUT2D eigenvalue weighted by molar-refractivity contribution is 7.14. The van der Waals surface area contributed by atoms with E-state index in [4.69, 9.17) is 5.26 Å². The smallest absolute Gasteiger partial charge is 0.340 e. The molecule has 0 aliphatic carbocycles. The van der Waals surface area contributed by atoms with Gasteiger partial charge < -0.3 is 9.80 Å². The van der Waals surface area contributed by atoms with Gasteiger partial charge in [-0.3, -0.25) is 4.79 Å². The molecule has 26 heavy (non-hydrogen) atoms. The Labute approximate surface area is 153 Å². The lowest BCUT2D eigenvalue weighted by Crippen LogP contribution is -2.50. The third kappa shape index (κ3) is 2.82. The molecule has 4 rings (SSSR count). The maximum atomic E-state index is 12.7. The summed E-state index contributed by atoms with van der Waals surface area (Å²) in [6.07, 6.45) is 1.61. The van der Waals surface area contributed by atoms with Crippen LogP contribution in [0.15, 0.2) is 47.4 Å². The lowest BCUT2D eigenvalue weighted by Gasteiger charge is -2.35. The molecule has 7 nitrogen and oxygen atoms in total. The van der Waals surface area contributed by atoms with Crippen LogP contribution in [0.5, 0.6) is 0 Å². The van der Waals surface area contributed by atoms with Gasteiger partial charge in [0.25, 0.3) is 5.56 Å². The fraction of sp³-hybridized carbons (Fsp3) is 0.222. The number of nitrogens with zero attached hydrogens (tertiary/aromatic N) is 5. The Morgan fingerprint density at radius 3 is 2.50 bits per heavy atom. The number of carbonyl (C=O) groups excluding carboxylic acids is 1. The molecular weight excluding hydrogens is 350 g/mol. The molecule has 3 heterocycles. The normalized spacial score (nSPS) is 14.4. The van der Waals surface area contributed by atoms with Crippen LogP contribution in [-0.2, 0) is 0 Å². The molecule has 1 aliphatic rings. The van der Waals surface area contributed by atoms with Crippen LogP contribution in [0.3, 0.4) is 0 Å². The third-order valence-corrected chi connectivity index (χ3v) is 5.45. The first-order valence-electron chi connectivity index (χ1n) is 8.19. The fourth-order valence-corrected chi connectivity index (χ4v) is 3.93. The van der Waals surface area contributed by atoms with E-state index >= 15 is 0 Å². The summed E-state index contributed by atoms with van der Waals surface area (Å²) in [4.78, 5) is 33.7. The second-order valence-electron chi connectivity index (χ2n) is 5.96. The maximum Gasteiger partial charge on any atom is 0.340 e. The van der Waals surface area contributed by atoms with Gasteiger partial charge in [-0.2, -0.15) is 9.22 Å². The number of hydrogen-bond donors (Lipinski definition) is 0. The summed E-state index contributed by atoms with van der Waals surface area (Å²) in [5, 5.41) is 9.35. The number of anilines is 1. The summed E-state index contributed by atoms with van der Waals surface area (Å²) < 4.78 is 1.19. The molecule has 2 aromatic heterocycles. The van der Waals surface area contributed by atoms with Gasteiger partial charge in [0, 0.05) is 38.1 Å². The molecule has 1 aliphatic heterocycles. The average Bonchev–Trinajstić information content (AvgIpc) is 3.04. The Morgan fingerprint density at radius 1 is 1.12 bits per heavy atom. The van der Waals surface area contributed by atoms with Crippen molar-refractivity contribution in [3.63, 3.8) is 0 Å². The number of benzene rings is 1. The summed E-state index contributed by atoms with van der Waals surface area (Å²) in [5.74, 6) is 0. The number of fused-ring (bicyclic) bond motifs is 1. The van der Waals surface area contributed by atoms with E-state index in [9.17, 15) is 9.59 Å². The largest absolute Gasteiger partial charge is 0.368 e. The minimum absolute atomic E-state index is 0.294. The maximum absolute atomic E-state index is 12.7. The highest BCUT2D eigenvalue weighted by Crippen LogP contribution is 2.19. The molecule has 1 amide bonds. The van der Waals surface area contributed by atoms with Crippen molar-refractivity contribution in [1.29, 1.82) is 5.26 Å². The van der Waals surface area contributed by atoms with Crippen molar-refractivity contribution in [2.45, 2.75) is 0 Å². The molecule has 0 radical (unpaired) electrons. The van der Waals surface area contributed by atoms with E-state index in [0.717, 1.165) is 17.2 Å². The number of hydrogen-bond acceptors (Lipinski definition) is 6. The van der Waals surface area contributed by atoms with E-state index in [2.05, 4.69) is 16.0 Å². The van der Waals surface area contributed by atoms with E-state index in [1.807, 2.05) is 12.1 Å². The Balaban J connectivity index is 1.48. The molecule has 8 heteroatoms. The number of carbonyl (C=O) groups is 1. The van der Waals surface area contributed by atoms with Crippen LogP contribution >= 0.6 is 11.5 Å². The van der Waals surface area contributed by atoms with Gasteiger partial charge in [-0.1, -0.05) is 0 Å². The zero-order valence-electron chi connectivity index (χ0n) is 13.8. The SMILES string of the molecule is N#Cc1ccc(N2CCN(C(=O)n3sc4ncccc4c3=O)CC2)cc1. The van der Waals surface area contributed by atoms with Crippen molar-refractivity contribution in [1.82, 2.24) is 13.8 Å². The van der Waals surface area contributed by atoms with Crippen molar-refractivity contribution >= 4 is 33.5 Å². The van der Waals surface area contributed by atoms with Crippen LogP contribution in [0.2, 0.25) is 0 Å². The predicted molar refractivity (Wildman–Crippen MR) is 99.6 cm³/mol. The number of rotatable bonds is 1. The predicted octanol–water partition coefficient (Wildman–Crippen LogP) is 2.12. The first-order valence-corrected chi connectivity index (χ1v) is 8.96. The van der Waals surface area contributed by atoms with Crippen LogP contribution in [0.4, 0.5) is 10.5 Å². The van der Waals surface area contributed by atoms with Crippen LogP contribution in [-0.4, -0.2) is 46.1 Å². The van der Waals surface area contributed by atoms with Crippen molar-refractivity contribution in [3.8, 4) is 6.07 Å².